The molecule has 0 amide bonds. The summed E-state index contributed by atoms with van der Waals surface area (Å²) in [6, 6.07) is 0. The molecule has 0 spiro atoms. The quantitative estimate of drug-likeness (QED) is 0.146. The van der Waals surface area contributed by atoms with Crippen LogP contribution in [-0.2, 0) is 19.2 Å². The van der Waals surface area contributed by atoms with E-state index in [0.29, 0.717) is 0 Å². The van der Waals surface area contributed by atoms with Crippen LogP contribution in [0.2, 0.25) is 0 Å². The van der Waals surface area contributed by atoms with Crippen molar-refractivity contribution >= 4 is 47.8 Å². The van der Waals surface area contributed by atoms with E-state index in [9.17, 15) is 19.8 Å². The summed E-state index contributed by atoms with van der Waals surface area (Å²) >= 11 is 0. The van der Waals surface area contributed by atoms with Crippen molar-refractivity contribution in [3.05, 3.63) is 0 Å². The van der Waals surface area contributed by atoms with Gasteiger partial charge >= 0.3 is 23.9 Å². The van der Waals surface area contributed by atoms with Gasteiger partial charge in [-0.3, -0.25) is 0 Å². The first-order valence-corrected chi connectivity index (χ1v) is 13.8. The SMILES string of the molecule is CC(=O)[O-].CC(=O)[O-].CCCCCCCCCCCC(=O)[O-].CCCCCCCCCCCC(=O)[O-].[Sn+4]. The first kappa shape index (κ1) is 45.6. The molecular weight excluding hydrogens is 583 g/mol. The fourth-order valence-corrected chi connectivity index (χ4v) is 3.16. The second-order valence-electron chi connectivity index (χ2n) is 8.88. The Morgan fingerprint density at radius 2 is 0.568 bits per heavy atom. The predicted octanol–water partition coefficient (Wildman–Crippen LogP) is 2.45. The largest absolute Gasteiger partial charge is 4.00 e. The van der Waals surface area contributed by atoms with Gasteiger partial charge in [0.2, 0.25) is 0 Å². The van der Waals surface area contributed by atoms with E-state index in [-0.39, 0.29) is 36.7 Å². The Labute approximate surface area is 243 Å². The second-order valence-corrected chi connectivity index (χ2v) is 8.88. The summed E-state index contributed by atoms with van der Waals surface area (Å²) in [6.07, 6.45) is 22.3. The maximum Gasteiger partial charge on any atom is 4.00 e. The van der Waals surface area contributed by atoms with Gasteiger partial charge in [0.05, 0.1) is 0 Å². The van der Waals surface area contributed by atoms with E-state index in [1.54, 1.807) is 0 Å². The molecule has 0 heterocycles. The first-order valence-electron chi connectivity index (χ1n) is 13.8. The molecular formula is C28H52O8Sn. The normalized spacial score (nSPS) is 9.19. The smallest absolute Gasteiger partial charge is 0.550 e. The molecule has 0 bridgehead atoms. The Bertz CT molecular complexity index is 447. The molecule has 0 rings (SSSR count). The van der Waals surface area contributed by atoms with Crippen LogP contribution in [0.3, 0.4) is 0 Å². The molecule has 0 saturated carbocycles. The minimum atomic E-state index is -1.08. The van der Waals surface area contributed by atoms with Gasteiger partial charge in [-0.2, -0.15) is 0 Å². The number of hydrogen-bond donors (Lipinski definition) is 0. The van der Waals surface area contributed by atoms with Gasteiger partial charge in [-0.05, 0) is 39.5 Å². The summed E-state index contributed by atoms with van der Waals surface area (Å²) in [6.45, 7) is 6.39. The van der Waals surface area contributed by atoms with Crippen molar-refractivity contribution < 1.29 is 39.6 Å². The summed E-state index contributed by atoms with van der Waals surface area (Å²) in [4.78, 5) is 38.0. The van der Waals surface area contributed by atoms with Crippen LogP contribution in [0, 0.1) is 0 Å². The number of carbonyl (C=O) groups excluding carboxylic acids is 4. The molecule has 0 atom stereocenters. The number of carboxylic acids is 4. The van der Waals surface area contributed by atoms with Crippen LogP contribution in [0.4, 0.5) is 0 Å². The Hall–Kier alpha value is -1.32. The third kappa shape index (κ3) is 86.6. The summed E-state index contributed by atoms with van der Waals surface area (Å²) < 4.78 is 0. The molecule has 0 radical (unpaired) electrons. The fraction of sp³-hybridized carbons (Fsp3) is 0.857. The number of hydrogen-bond acceptors (Lipinski definition) is 8. The molecule has 37 heavy (non-hydrogen) atoms. The summed E-state index contributed by atoms with van der Waals surface area (Å²) in [5.41, 5.74) is 0. The van der Waals surface area contributed by atoms with Crippen molar-refractivity contribution in [2.75, 3.05) is 0 Å². The summed E-state index contributed by atoms with van der Waals surface area (Å²) in [5, 5.41) is 38.0. The van der Waals surface area contributed by atoms with E-state index < -0.39 is 23.9 Å². The molecule has 0 aliphatic rings. The Balaban J connectivity index is -0.000000140. The van der Waals surface area contributed by atoms with Crippen LogP contribution in [0.1, 0.15) is 156 Å². The van der Waals surface area contributed by atoms with Crippen molar-refractivity contribution in [1.29, 1.82) is 0 Å². The number of aliphatic carboxylic acids is 4. The molecule has 0 fully saturated rings. The molecule has 9 heteroatoms. The van der Waals surface area contributed by atoms with Crippen molar-refractivity contribution in [1.82, 2.24) is 0 Å². The third-order valence-electron chi connectivity index (χ3n) is 4.97. The fourth-order valence-electron chi connectivity index (χ4n) is 3.16. The zero-order valence-electron chi connectivity index (χ0n) is 23.9. The minimum absolute atomic E-state index is 0. The van der Waals surface area contributed by atoms with Crippen LogP contribution in [0.15, 0.2) is 0 Å². The van der Waals surface area contributed by atoms with E-state index >= 15 is 0 Å². The average molecular weight is 635 g/mol. The van der Waals surface area contributed by atoms with Gasteiger partial charge in [-0.1, -0.05) is 117 Å². The summed E-state index contributed by atoms with van der Waals surface area (Å²) in [5.74, 6) is -3.99. The monoisotopic (exact) mass is 636 g/mol. The first-order chi connectivity index (χ1) is 17.0. The molecule has 0 aromatic carbocycles. The van der Waals surface area contributed by atoms with E-state index in [4.69, 9.17) is 19.8 Å². The molecule has 0 aliphatic carbocycles. The van der Waals surface area contributed by atoms with E-state index in [0.717, 1.165) is 39.5 Å². The molecule has 0 N–H and O–H groups in total. The number of rotatable bonds is 20. The van der Waals surface area contributed by atoms with Crippen LogP contribution >= 0.6 is 0 Å². The topological polar surface area (TPSA) is 161 Å². The molecule has 0 aliphatic heterocycles. The maximum absolute atomic E-state index is 10.1. The van der Waals surface area contributed by atoms with Crippen molar-refractivity contribution in [3.8, 4) is 0 Å². The van der Waals surface area contributed by atoms with Gasteiger partial charge < -0.3 is 39.6 Å². The second kappa shape index (κ2) is 41.8. The van der Waals surface area contributed by atoms with Gasteiger partial charge in [-0.15, -0.1) is 0 Å². The Morgan fingerprint density at radius 3 is 0.730 bits per heavy atom. The molecule has 0 aromatic heterocycles. The van der Waals surface area contributed by atoms with Crippen molar-refractivity contribution in [3.63, 3.8) is 0 Å². The van der Waals surface area contributed by atoms with Gasteiger partial charge in [0.25, 0.3) is 0 Å². The van der Waals surface area contributed by atoms with Crippen LogP contribution in [0.5, 0.6) is 0 Å². The molecule has 0 unspecified atom stereocenters. The standard InChI is InChI=1S/2C12H24O2.2C2H4O2.Sn/c2*1-2-3-4-5-6-7-8-9-10-11-12(13)14;2*1-2(3)4;/h2*2-11H2,1H3,(H,13,14);2*1H3,(H,3,4);/q;;;;+4/p-4. The molecule has 216 valence electrons. The van der Waals surface area contributed by atoms with Gasteiger partial charge in [0.15, 0.2) is 0 Å². The Kier molecular flexibility index (Phi) is 51.5. The van der Waals surface area contributed by atoms with E-state index in [2.05, 4.69) is 13.8 Å². The number of unbranched alkanes of at least 4 members (excludes halogenated alkanes) is 16. The van der Waals surface area contributed by atoms with Crippen LogP contribution in [-0.4, -0.2) is 47.8 Å². The van der Waals surface area contributed by atoms with Crippen LogP contribution < -0.4 is 20.4 Å². The number of carboxylic acid groups (broad SMARTS) is 4. The number of carbonyl (C=O) groups is 4. The van der Waals surface area contributed by atoms with Gasteiger partial charge in [-0.25, -0.2) is 0 Å². The maximum atomic E-state index is 10.1. The predicted molar refractivity (Wildman–Crippen MR) is 141 cm³/mol. The molecule has 0 aromatic rings. The molecule has 8 nitrogen and oxygen atoms in total. The zero-order valence-corrected chi connectivity index (χ0v) is 26.8. The average Bonchev–Trinajstić information content (AvgIpc) is 2.76. The third-order valence-corrected chi connectivity index (χ3v) is 4.97. The van der Waals surface area contributed by atoms with Crippen LogP contribution in [0.25, 0.3) is 0 Å². The minimum Gasteiger partial charge on any atom is -0.550 e. The van der Waals surface area contributed by atoms with E-state index in [1.165, 1.54) is 89.9 Å². The Morgan fingerprint density at radius 1 is 0.405 bits per heavy atom. The van der Waals surface area contributed by atoms with E-state index in [1.807, 2.05) is 0 Å². The van der Waals surface area contributed by atoms with Crippen molar-refractivity contribution in [2.45, 2.75) is 156 Å². The zero-order chi connectivity index (χ0) is 28.5. The molecule has 0 saturated heterocycles. The van der Waals surface area contributed by atoms with Gasteiger partial charge in [0.1, 0.15) is 0 Å². The summed E-state index contributed by atoms with van der Waals surface area (Å²) in [7, 11) is 0. The van der Waals surface area contributed by atoms with Gasteiger partial charge in [0, 0.05) is 23.9 Å². The van der Waals surface area contributed by atoms with Crippen molar-refractivity contribution in [2.24, 2.45) is 0 Å².